The molecule has 19 heavy (non-hydrogen) atoms. The average Bonchev–Trinajstić information content (AvgIpc) is 2.31. The van der Waals surface area contributed by atoms with Crippen LogP contribution in [0.2, 0.25) is 0 Å². The van der Waals surface area contributed by atoms with Crippen LogP contribution in [0.3, 0.4) is 0 Å². The van der Waals surface area contributed by atoms with Crippen molar-refractivity contribution in [3.05, 3.63) is 22.7 Å². The van der Waals surface area contributed by atoms with Crippen molar-refractivity contribution in [2.45, 2.75) is 45.6 Å². The number of anilines is 2. The lowest BCUT2D eigenvalue weighted by atomic mass is 9.73. The van der Waals surface area contributed by atoms with Crippen LogP contribution in [-0.2, 0) is 0 Å². The molecule has 0 saturated heterocycles. The number of hydrogen-bond acceptors (Lipinski definition) is 2. The standard InChI is InChI=1S/C16H25BrN2/c1-16(2)10-6-5-7-15(16)18-13-11-12(17)8-9-14(13)19(3)4/h8-9,11,15,18H,5-7,10H2,1-4H3. The predicted molar refractivity (Wildman–Crippen MR) is 88.1 cm³/mol. The van der Waals surface area contributed by atoms with E-state index in [0.29, 0.717) is 11.5 Å². The van der Waals surface area contributed by atoms with E-state index in [9.17, 15) is 0 Å². The van der Waals surface area contributed by atoms with Crippen LogP contribution in [0.4, 0.5) is 11.4 Å². The molecule has 1 N–H and O–H groups in total. The molecule has 0 bridgehead atoms. The van der Waals surface area contributed by atoms with Gasteiger partial charge in [0.2, 0.25) is 0 Å². The Labute approximate surface area is 125 Å². The Kier molecular flexibility index (Phi) is 4.44. The highest BCUT2D eigenvalue weighted by Gasteiger charge is 2.32. The zero-order chi connectivity index (χ0) is 14.0. The van der Waals surface area contributed by atoms with Crippen LogP contribution in [0.25, 0.3) is 0 Å². The molecule has 2 rings (SSSR count). The van der Waals surface area contributed by atoms with Crippen molar-refractivity contribution in [1.82, 2.24) is 0 Å². The summed E-state index contributed by atoms with van der Waals surface area (Å²) < 4.78 is 1.13. The molecule has 0 amide bonds. The summed E-state index contributed by atoms with van der Waals surface area (Å²) in [7, 11) is 4.20. The molecule has 0 aromatic heterocycles. The fourth-order valence-corrected chi connectivity index (χ4v) is 3.32. The highest BCUT2D eigenvalue weighted by molar-refractivity contribution is 9.10. The monoisotopic (exact) mass is 324 g/mol. The summed E-state index contributed by atoms with van der Waals surface area (Å²) in [6.45, 7) is 4.77. The fraction of sp³-hybridized carbons (Fsp3) is 0.625. The topological polar surface area (TPSA) is 15.3 Å². The van der Waals surface area contributed by atoms with Crippen LogP contribution >= 0.6 is 15.9 Å². The first kappa shape index (κ1) is 14.7. The van der Waals surface area contributed by atoms with Gasteiger partial charge in [-0.2, -0.15) is 0 Å². The van der Waals surface area contributed by atoms with E-state index in [2.05, 4.69) is 72.3 Å². The third kappa shape index (κ3) is 3.44. The molecule has 1 unspecified atom stereocenters. The van der Waals surface area contributed by atoms with Crippen molar-refractivity contribution in [3.8, 4) is 0 Å². The minimum atomic E-state index is 0.379. The van der Waals surface area contributed by atoms with Crippen molar-refractivity contribution < 1.29 is 0 Å². The van der Waals surface area contributed by atoms with Gasteiger partial charge in [-0.05, 0) is 36.5 Å². The summed E-state index contributed by atoms with van der Waals surface area (Å²) in [5, 5.41) is 3.79. The predicted octanol–water partition coefficient (Wildman–Crippen LogP) is 4.90. The molecule has 1 aromatic rings. The molecule has 0 spiro atoms. The van der Waals surface area contributed by atoms with Gasteiger partial charge in [0.05, 0.1) is 11.4 Å². The number of nitrogens with one attached hydrogen (secondary N) is 1. The Bertz CT molecular complexity index is 440. The lowest BCUT2D eigenvalue weighted by Crippen LogP contribution is -2.39. The van der Waals surface area contributed by atoms with Gasteiger partial charge in [0.25, 0.3) is 0 Å². The summed E-state index contributed by atoms with van der Waals surface area (Å²) in [6, 6.07) is 7.03. The third-order valence-electron chi connectivity index (χ3n) is 4.28. The van der Waals surface area contributed by atoms with Crippen LogP contribution < -0.4 is 10.2 Å². The van der Waals surface area contributed by atoms with Gasteiger partial charge in [0.15, 0.2) is 0 Å². The van der Waals surface area contributed by atoms with Gasteiger partial charge >= 0.3 is 0 Å². The van der Waals surface area contributed by atoms with Crippen molar-refractivity contribution in [2.75, 3.05) is 24.3 Å². The van der Waals surface area contributed by atoms with Crippen LogP contribution in [0, 0.1) is 5.41 Å². The minimum absolute atomic E-state index is 0.379. The van der Waals surface area contributed by atoms with E-state index in [1.807, 2.05) is 0 Å². The summed E-state index contributed by atoms with van der Waals surface area (Å²) in [5.41, 5.74) is 2.87. The molecule has 1 aliphatic carbocycles. The molecule has 1 aromatic carbocycles. The Balaban J connectivity index is 2.24. The molecule has 0 aliphatic heterocycles. The average molecular weight is 325 g/mol. The second-order valence-corrected chi connectivity index (χ2v) is 7.40. The molecule has 2 nitrogen and oxygen atoms in total. The number of nitrogens with zero attached hydrogens (tertiary/aromatic N) is 1. The lowest BCUT2D eigenvalue weighted by Gasteiger charge is -2.40. The lowest BCUT2D eigenvalue weighted by molar-refractivity contribution is 0.217. The maximum atomic E-state index is 3.79. The van der Waals surface area contributed by atoms with Gasteiger partial charge in [0, 0.05) is 24.6 Å². The molecule has 106 valence electrons. The quantitative estimate of drug-likeness (QED) is 0.851. The molecular formula is C16H25BrN2. The summed E-state index contributed by atoms with van der Waals surface area (Å²) in [5.74, 6) is 0. The van der Waals surface area contributed by atoms with Crippen molar-refractivity contribution in [2.24, 2.45) is 5.41 Å². The van der Waals surface area contributed by atoms with Crippen molar-refractivity contribution >= 4 is 27.3 Å². The molecule has 1 fully saturated rings. The zero-order valence-corrected chi connectivity index (χ0v) is 14.0. The Morgan fingerprint density at radius 2 is 2.00 bits per heavy atom. The van der Waals surface area contributed by atoms with E-state index in [0.717, 1.165) is 4.47 Å². The van der Waals surface area contributed by atoms with Crippen molar-refractivity contribution in [3.63, 3.8) is 0 Å². The smallest absolute Gasteiger partial charge is 0.0597 e. The first-order valence-corrected chi connectivity index (χ1v) is 7.93. The molecule has 0 heterocycles. The van der Waals surface area contributed by atoms with Crippen LogP contribution in [0.15, 0.2) is 22.7 Å². The van der Waals surface area contributed by atoms with Gasteiger partial charge in [0.1, 0.15) is 0 Å². The fourth-order valence-electron chi connectivity index (χ4n) is 2.96. The van der Waals surface area contributed by atoms with E-state index in [1.54, 1.807) is 0 Å². The van der Waals surface area contributed by atoms with E-state index in [-0.39, 0.29) is 0 Å². The first-order valence-electron chi connectivity index (χ1n) is 7.13. The maximum absolute atomic E-state index is 3.79. The summed E-state index contributed by atoms with van der Waals surface area (Å²) in [4.78, 5) is 2.17. The normalized spacial score (nSPS) is 22.1. The van der Waals surface area contributed by atoms with Crippen LogP contribution in [-0.4, -0.2) is 20.1 Å². The van der Waals surface area contributed by atoms with Crippen molar-refractivity contribution in [1.29, 1.82) is 0 Å². The Morgan fingerprint density at radius 3 is 2.63 bits per heavy atom. The molecule has 1 aliphatic rings. The highest BCUT2D eigenvalue weighted by atomic mass is 79.9. The number of hydrogen-bond donors (Lipinski definition) is 1. The molecular weight excluding hydrogens is 300 g/mol. The summed E-state index contributed by atoms with van der Waals surface area (Å²) >= 11 is 3.58. The maximum Gasteiger partial charge on any atom is 0.0597 e. The third-order valence-corrected chi connectivity index (χ3v) is 4.77. The molecule has 1 atom stereocenters. The summed E-state index contributed by atoms with van der Waals surface area (Å²) in [6.07, 6.45) is 5.29. The van der Waals surface area contributed by atoms with E-state index in [1.165, 1.54) is 37.1 Å². The second kappa shape index (κ2) is 5.74. The number of benzene rings is 1. The molecule has 0 radical (unpaired) electrons. The number of halogens is 1. The van der Waals surface area contributed by atoms with Crippen LogP contribution in [0.5, 0.6) is 0 Å². The first-order chi connectivity index (χ1) is 8.90. The van der Waals surface area contributed by atoms with Crippen LogP contribution in [0.1, 0.15) is 39.5 Å². The minimum Gasteiger partial charge on any atom is -0.380 e. The van der Waals surface area contributed by atoms with E-state index in [4.69, 9.17) is 0 Å². The molecule has 1 saturated carbocycles. The Morgan fingerprint density at radius 1 is 1.26 bits per heavy atom. The molecule has 3 heteroatoms. The zero-order valence-electron chi connectivity index (χ0n) is 12.5. The second-order valence-electron chi connectivity index (χ2n) is 6.49. The van der Waals surface area contributed by atoms with Gasteiger partial charge in [-0.1, -0.05) is 42.6 Å². The highest BCUT2D eigenvalue weighted by Crippen LogP contribution is 2.39. The Hall–Kier alpha value is -0.700. The van der Waals surface area contributed by atoms with E-state index >= 15 is 0 Å². The number of rotatable bonds is 3. The van der Waals surface area contributed by atoms with Gasteiger partial charge in [-0.15, -0.1) is 0 Å². The SMILES string of the molecule is CN(C)c1ccc(Br)cc1NC1CCCCC1(C)C. The van der Waals surface area contributed by atoms with Gasteiger partial charge in [-0.25, -0.2) is 0 Å². The van der Waals surface area contributed by atoms with Gasteiger partial charge < -0.3 is 10.2 Å². The van der Waals surface area contributed by atoms with E-state index < -0.39 is 0 Å². The van der Waals surface area contributed by atoms with Gasteiger partial charge in [-0.3, -0.25) is 0 Å². The largest absolute Gasteiger partial charge is 0.380 e.